The molecule has 0 aliphatic rings. The molecule has 19 heavy (non-hydrogen) atoms. The zero-order valence-electron chi connectivity index (χ0n) is 10.2. The number of carbonyl (C=O) groups is 1. The van der Waals surface area contributed by atoms with Gasteiger partial charge in [-0.1, -0.05) is 0 Å². The van der Waals surface area contributed by atoms with E-state index in [0.717, 1.165) is 0 Å². The van der Waals surface area contributed by atoms with Crippen molar-refractivity contribution in [2.45, 2.75) is 37.6 Å². The summed E-state index contributed by atoms with van der Waals surface area (Å²) in [5.41, 5.74) is 2.11. The second kappa shape index (κ2) is 6.06. The van der Waals surface area contributed by atoms with Gasteiger partial charge in [0.1, 0.15) is 6.04 Å². The summed E-state index contributed by atoms with van der Waals surface area (Å²) in [7, 11) is -3.41. The van der Waals surface area contributed by atoms with E-state index in [1.54, 1.807) is 0 Å². The Morgan fingerprint density at radius 3 is 2.26 bits per heavy atom. The van der Waals surface area contributed by atoms with Gasteiger partial charge in [0.25, 0.3) is 0 Å². The molecule has 10 heteroatoms. The van der Waals surface area contributed by atoms with Crippen LogP contribution >= 0.6 is 0 Å². The molecule has 0 heterocycles. The lowest BCUT2D eigenvalue weighted by Gasteiger charge is -2.26. The maximum atomic E-state index is 12.3. The number of hydrogen-bond acceptors (Lipinski definition) is 5. The monoisotopic (exact) mass is 306 g/mol. The Kier molecular flexibility index (Phi) is 5.78. The summed E-state index contributed by atoms with van der Waals surface area (Å²) in [5, 5.41) is 17.6. The van der Waals surface area contributed by atoms with Gasteiger partial charge in [-0.15, -0.1) is 0 Å². The number of aliphatic carboxylic acids is 1. The number of carboxylic acids is 1. The quantitative estimate of drug-likeness (QED) is 0.546. The van der Waals surface area contributed by atoms with Crippen LogP contribution in [0, 0.1) is 4.78 Å². The molecule has 0 aromatic rings. The minimum absolute atomic E-state index is 0.272. The number of halogens is 3. The number of hydrogen-bond donors (Lipinski definition) is 4. The predicted octanol–water partition coefficient (Wildman–Crippen LogP) is 0.539. The third kappa shape index (κ3) is 6.21. The van der Waals surface area contributed by atoms with Crippen molar-refractivity contribution in [1.82, 2.24) is 0 Å². The van der Waals surface area contributed by atoms with Crippen molar-refractivity contribution in [3.8, 4) is 0 Å². The number of aliphatic hydroxyl groups is 1. The lowest BCUT2D eigenvalue weighted by atomic mass is 10.0. The van der Waals surface area contributed by atoms with Crippen molar-refractivity contribution in [2.75, 3.05) is 11.5 Å². The van der Waals surface area contributed by atoms with Crippen molar-refractivity contribution in [1.29, 1.82) is 4.78 Å². The normalized spacial score (nSPS) is 20.3. The molecule has 0 rings (SSSR count). The summed E-state index contributed by atoms with van der Waals surface area (Å²) in [5.74, 6) is -2.43. The summed E-state index contributed by atoms with van der Waals surface area (Å²) in [6.07, 6.45) is -6.03. The van der Waals surface area contributed by atoms with Crippen LogP contribution in [0.3, 0.4) is 0 Å². The first kappa shape index (κ1) is 18.1. The number of alkyl halides is 3. The molecule has 0 aliphatic heterocycles. The van der Waals surface area contributed by atoms with Crippen LogP contribution in [0.25, 0.3) is 0 Å². The largest absolute Gasteiger partial charge is 0.480 e. The van der Waals surface area contributed by atoms with E-state index in [-0.39, 0.29) is 6.42 Å². The minimum Gasteiger partial charge on any atom is -0.480 e. The Morgan fingerprint density at radius 1 is 1.42 bits per heavy atom. The molecular formula is C9H17F3N2O4S. The van der Waals surface area contributed by atoms with Crippen LogP contribution in [0.5, 0.6) is 0 Å². The topological polar surface area (TPSA) is 124 Å². The van der Waals surface area contributed by atoms with Crippen LogP contribution in [0.1, 0.15) is 19.8 Å². The van der Waals surface area contributed by atoms with E-state index in [4.69, 9.17) is 20.7 Å². The first-order chi connectivity index (χ1) is 8.28. The zero-order valence-corrected chi connectivity index (χ0v) is 11.1. The van der Waals surface area contributed by atoms with E-state index in [9.17, 15) is 22.2 Å². The highest BCUT2D eigenvalue weighted by molar-refractivity contribution is 7.92. The van der Waals surface area contributed by atoms with Crippen molar-refractivity contribution >= 4 is 15.7 Å². The number of rotatable bonds is 7. The number of carboxylic acid groups (broad SMARTS) is 1. The summed E-state index contributed by atoms with van der Waals surface area (Å²) >= 11 is 0. The molecule has 5 N–H and O–H groups in total. The van der Waals surface area contributed by atoms with Gasteiger partial charge in [0.05, 0.1) is 0 Å². The Morgan fingerprint density at radius 2 is 1.89 bits per heavy atom. The predicted molar refractivity (Wildman–Crippen MR) is 62.1 cm³/mol. The smallest absolute Gasteiger partial charge is 0.416 e. The summed E-state index contributed by atoms with van der Waals surface area (Å²) in [6, 6.07) is -1.31. The first-order valence-electron chi connectivity index (χ1n) is 5.30. The molecule has 0 aromatic heterocycles. The zero-order chi connectivity index (χ0) is 15.5. The average molecular weight is 306 g/mol. The second-order valence-corrected chi connectivity index (χ2v) is 6.92. The van der Waals surface area contributed by atoms with Gasteiger partial charge in [0.2, 0.25) is 0 Å². The van der Waals surface area contributed by atoms with Gasteiger partial charge in [-0.2, -0.15) is 13.2 Å². The van der Waals surface area contributed by atoms with Gasteiger partial charge in [-0.3, -0.25) is 9.57 Å². The SMILES string of the molecule is CC(O)(CC[S@@](=N)(=O)CC[C@H](N)C(=O)O)C(F)(F)F. The van der Waals surface area contributed by atoms with Crippen molar-refractivity contribution in [3.05, 3.63) is 0 Å². The maximum Gasteiger partial charge on any atom is 0.416 e. The molecule has 0 spiro atoms. The van der Waals surface area contributed by atoms with Crippen LogP contribution in [0.2, 0.25) is 0 Å². The maximum absolute atomic E-state index is 12.3. The second-order valence-electron chi connectivity index (χ2n) is 4.48. The molecule has 114 valence electrons. The van der Waals surface area contributed by atoms with E-state index >= 15 is 0 Å². The van der Waals surface area contributed by atoms with E-state index in [2.05, 4.69) is 0 Å². The molecule has 0 bridgehead atoms. The fourth-order valence-corrected chi connectivity index (χ4v) is 2.61. The molecule has 0 aromatic carbocycles. The summed E-state index contributed by atoms with van der Waals surface area (Å²) in [4.78, 5) is 10.4. The first-order valence-corrected chi connectivity index (χ1v) is 7.20. The van der Waals surface area contributed by atoms with Crippen LogP contribution in [-0.4, -0.2) is 49.7 Å². The Bertz CT molecular complexity index is 420. The van der Waals surface area contributed by atoms with Crippen LogP contribution in [0.4, 0.5) is 13.2 Å². The Labute approximate surface area is 108 Å². The average Bonchev–Trinajstić information content (AvgIpc) is 2.22. The molecule has 6 nitrogen and oxygen atoms in total. The van der Waals surface area contributed by atoms with Crippen LogP contribution in [-0.2, 0) is 14.5 Å². The van der Waals surface area contributed by atoms with Gasteiger partial charge in [-0.05, 0) is 19.8 Å². The highest BCUT2D eigenvalue weighted by Gasteiger charge is 2.49. The lowest BCUT2D eigenvalue weighted by Crippen LogP contribution is -2.43. The number of nitrogens with two attached hydrogens (primary N) is 1. The Hall–Kier alpha value is -0.870. The molecule has 1 unspecified atom stereocenters. The van der Waals surface area contributed by atoms with Crippen molar-refractivity contribution in [2.24, 2.45) is 5.73 Å². The van der Waals surface area contributed by atoms with Gasteiger partial charge in [-0.25, -0.2) is 4.21 Å². The standard InChI is InChI=1S/C9H17F3N2O4S/c1-8(17,9(10,11)12)3-5-19(14,18)4-2-6(13)7(15)16/h6,14,17H,2-5,13H2,1H3,(H,15,16)/t6-,8?,19-/m0/s1. The molecule has 0 aliphatic carbocycles. The molecule has 0 saturated heterocycles. The molecule has 0 radical (unpaired) electrons. The summed E-state index contributed by atoms with van der Waals surface area (Å²) in [6.45, 7) is 0.533. The minimum atomic E-state index is -4.88. The number of nitrogens with one attached hydrogen (secondary N) is 1. The molecule has 0 amide bonds. The highest BCUT2D eigenvalue weighted by Crippen LogP contribution is 2.32. The Balaban J connectivity index is 4.45. The fourth-order valence-electron chi connectivity index (χ4n) is 1.05. The summed E-state index contributed by atoms with van der Waals surface area (Å²) < 4.78 is 56.0. The van der Waals surface area contributed by atoms with Crippen molar-refractivity contribution < 1.29 is 32.4 Å². The van der Waals surface area contributed by atoms with Gasteiger partial charge in [0.15, 0.2) is 5.60 Å². The van der Waals surface area contributed by atoms with Crippen LogP contribution in [0.15, 0.2) is 0 Å². The lowest BCUT2D eigenvalue weighted by molar-refractivity contribution is -0.253. The van der Waals surface area contributed by atoms with Crippen LogP contribution < -0.4 is 5.73 Å². The van der Waals surface area contributed by atoms with E-state index in [1.165, 1.54) is 0 Å². The fraction of sp³-hybridized carbons (Fsp3) is 0.889. The third-order valence-electron chi connectivity index (χ3n) is 2.61. The van der Waals surface area contributed by atoms with E-state index < -0.39 is 51.4 Å². The molecule has 3 atom stereocenters. The van der Waals surface area contributed by atoms with E-state index in [0.29, 0.717) is 6.92 Å². The van der Waals surface area contributed by atoms with Gasteiger partial charge in [0, 0.05) is 21.2 Å². The molecule has 0 fully saturated rings. The molecular weight excluding hydrogens is 289 g/mol. The van der Waals surface area contributed by atoms with Crippen molar-refractivity contribution in [3.63, 3.8) is 0 Å². The third-order valence-corrected chi connectivity index (χ3v) is 4.36. The highest BCUT2D eigenvalue weighted by atomic mass is 32.2. The van der Waals surface area contributed by atoms with Gasteiger partial charge >= 0.3 is 12.1 Å². The van der Waals surface area contributed by atoms with E-state index in [1.807, 2.05) is 0 Å². The molecule has 0 saturated carbocycles. The van der Waals surface area contributed by atoms with Gasteiger partial charge < -0.3 is 15.9 Å².